The number of anilines is 1. The van der Waals surface area contributed by atoms with E-state index in [0.29, 0.717) is 12.0 Å². The van der Waals surface area contributed by atoms with Crippen LogP contribution in [0.1, 0.15) is 30.6 Å². The first-order valence-electron chi connectivity index (χ1n) is 8.57. The van der Waals surface area contributed by atoms with E-state index in [1.165, 1.54) is 18.2 Å². The first-order chi connectivity index (χ1) is 13.1. The number of rotatable bonds is 7. The third kappa shape index (κ3) is 6.15. The topological polar surface area (TPSA) is 118 Å². The van der Waals surface area contributed by atoms with Gasteiger partial charge < -0.3 is 11.1 Å². The van der Waals surface area contributed by atoms with E-state index in [2.05, 4.69) is 21.2 Å². The van der Waals surface area contributed by atoms with Crippen LogP contribution in [0.5, 0.6) is 0 Å². The molecule has 0 bridgehead atoms. The number of benzene rings is 2. The van der Waals surface area contributed by atoms with Crippen LogP contribution in [0.25, 0.3) is 0 Å². The summed E-state index contributed by atoms with van der Waals surface area (Å²) in [4.78, 5) is 24.2. The highest BCUT2D eigenvalue weighted by Crippen LogP contribution is 2.17. The molecule has 2 aromatic rings. The molecule has 28 heavy (non-hydrogen) atoms. The van der Waals surface area contributed by atoms with Crippen LogP contribution >= 0.6 is 15.9 Å². The Bertz CT molecular complexity index is 959. The summed E-state index contributed by atoms with van der Waals surface area (Å²) >= 11 is 3.29. The van der Waals surface area contributed by atoms with Gasteiger partial charge in [0.25, 0.3) is 21.8 Å². The van der Waals surface area contributed by atoms with E-state index in [1.54, 1.807) is 30.3 Å². The molecule has 0 aliphatic heterocycles. The van der Waals surface area contributed by atoms with Crippen molar-refractivity contribution in [2.45, 2.75) is 31.2 Å². The molecule has 0 aliphatic carbocycles. The molecule has 0 heterocycles. The number of nitrogens with two attached hydrogens (primary N) is 1. The summed E-state index contributed by atoms with van der Waals surface area (Å²) < 4.78 is 27.8. The van der Waals surface area contributed by atoms with Crippen LogP contribution in [0.15, 0.2) is 57.9 Å². The number of amides is 2. The third-order valence-corrected chi connectivity index (χ3v) is 5.68. The van der Waals surface area contributed by atoms with E-state index >= 15 is 0 Å². The van der Waals surface area contributed by atoms with E-state index in [-0.39, 0.29) is 22.4 Å². The first kappa shape index (κ1) is 22.1. The predicted molar refractivity (Wildman–Crippen MR) is 111 cm³/mol. The molecule has 1 atom stereocenters. The molecular formula is C19H22BrN3O4S. The lowest BCUT2D eigenvalue weighted by molar-refractivity contribution is -0.120. The van der Waals surface area contributed by atoms with Crippen LogP contribution in [-0.2, 0) is 14.8 Å². The Kier molecular flexibility index (Phi) is 7.34. The van der Waals surface area contributed by atoms with Crippen LogP contribution in [0.4, 0.5) is 5.69 Å². The Balaban J connectivity index is 2.13. The summed E-state index contributed by atoms with van der Waals surface area (Å²) in [6, 6.07) is 11.4. The molecule has 0 spiro atoms. The van der Waals surface area contributed by atoms with Gasteiger partial charge in [-0.2, -0.15) is 0 Å². The van der Waals surface area contributed by atoms with Crippen molar-refractivity contribution < 1.29 is 18.0 Å². The summed E-state index contributed by atoms with van der Waals surface area (Å²) in [5.41, 5.74) is 6.44. The molecule has 0 radical (unpaired) electrons. The van der Waals surface area contributed by atoms with Gasteiger partial charge in [-0.15, -0.1) is 0 Å². The maximum absolute atomic E-state index is 12.5. The van der Waals surface area contributed by atoms with Crippen molar-refractivity contribution in [3.63, 3.8) is 0 Å². The van der Waals surface area contributed by atoms with Crippen molar-refractivity contribution >= 4 is 43.5 Å². The normalized spacial score (nSPS) is 12.5. The average molecular weight is 468 g/mol. The Hall–Kier alpha value is -2.23. The Morgan fingerprint density at radius 3 is 2.36 bits per heavy atom. The summed E-state index contributed by atoms with van der Waals surface area (Å²) in [6.07, 6.45) is 0.366. The van der Waals surface area contributed by atoms with Gasteiger partial charge >= 0.3 is 0 Å². The van der Waals surface area contributed by atoms with Gasteiger partial charge in [-0.05, 0) is 54.8 Å². The quantitative estimate of drug-likeness (QED) is 0.578. The third-order valence-electron chi connectivity index (χ3n) is 3.81. The zero-order valence-electron chi connectivity index (χ0n) is 15.5. The predicted octanol–water partition coefficient (Wildman–Crippen LogP) is 2.88. The van der Waals surface area contributed by atoms with Crippen LogP contribution in [0, 0.1) is 5.92 Å². The molecule has 150 valence electrons. The van der Waals surface area contributed by atoms with Crippen molar-refractivity contribution in [1.29, 1.82) is 0 Å². The highest BCUT2D eigenvalue weighted by atomic mass is 79.9. The molecule has 0 aliphatic rings. The largest absolute Gasteiger partial charge is 0.322 e. The molecule has 0 fully saturated rings. The Morgan fingerprint density at radius 2 is 1.75 bits per heavy atom. The summed E-state index contributed by atoms with van der Waals surface area (Å²) in [5.74, 6) is -0.997. The summed E-state index contributed by atoms with van der Waals surface area (Å²) in [5, 5.41) is 2.64. The van der Waals surface area contributed by atoms with Gasteiger partial charge in [-0.1, -0.05) is 35.8 Å². The van der Waals surface area contributed by atoms with E-state index in [9.17, 15) is 18.0 Å². The van der Waals surface area contributed by atoms with E-state index in [0.717, 1.165) is 4.47 Å². The molecule has 0 saturated heterocycles. The van der Waals surface area contributed by atoms with Crippen molar-refractivity contribution in [2.75, 3.05) is 5.32 Å². The minimum Gasteiger partial charge on any atom is -0.322 e. The smallest absolute Gasteiger partial charge is 0.264 e. The number of hydrogen-bond donors (Lipinski definition) is 3. The Labute approximate surface area is 172 Å². The SMILES string of the molecule is CC(C)C[C@H](N)C(=O)NS(=O)(=O)c1cccc(NC(=O)c2ccc(Br)cc2)c1. The zero-order valence-corrected chi connectivity index (χ0v) is 17.9. The zero-order chi connectivity index (χ0) is 20.9. The van der Waals surface area contributed by atoms with E-state index in [1.807, 2.05) is 18.6 Å². The molecule has 2 aromatic carbocycles. The number of carbonyl (C=O) groups excluding carboxylic acids is 2. The van der Waals surface area contributed by atoms with Crippen molar-refractivity contribution in [3.8, 4) is 0 Å². The molecule has 0 aromatic heterocycles. The monoisotopic (exact) mass is 467 g/mol. The highest BCUT2D eigenvalue weighted by Gasteiger charge is 2.23. The lowest BCUT2D eigenvalue weighted by Gasteiger charge is -2.15. The number of nitrogens with one attached hydrogen (secondary N) is 2. The van der Waals surface area contributed by atoms with Gasteiger partial charge in [0, 0.05) is 15.7 Å². The average Bonchev–Trinajstić information content (AvgIpc) is 2.61. The van der Waals surface area contributed by atoms with E-state index < -0.39 is 22.0 Å². The van der Waals surface area contributed by atoms with Gasteiger partial charge in [0.2, 0.25) is 0 Å². The first-order valence-corrected chi connectivity index (χ1v) is 10.9. The number of carbonyl (C=O) groups is 2. The summed E-state index contributed by atoms with van der Waals surface area (Å²) in [7, 11) is -4.11. The fraction of sp³-hybridized carbons (Fsp3) is 0.263. The van der Waals surface area contributed by atoms with Gasteiger partial charge in [0.05, 0.1) is 10.9 Å². The van der Waals surface area contributed by atoms with Crippen LogP contribution in [0.2, 0.25) is 0 Å². The van der Waals surface area contributed by atoms with Crippen molar-refractivity contribution in [1.82, 2.24) is 4.72 Å². The van der Waals surface area contributed by atoms with Crippen molar-refractivity contribution in [3.05, 3.63) is 58.6 Å². The maximum atomic E-state index is 12.5. The van der Waals surface area contributed by atoms with E-state index in [4.69, 9.17) is 5.73 Å². The maximum Gasteiger partial charge on any atom is 0.264 e. The number of hydrogen-bond acceptors (Lipinski definition) is 5. The molecule has 9 heteroatoms. The highest BCUT2D eigenvalue weighted by molar-refractivity contribution is 9.10. The molecule has 0 saturated carbocycles. The fourth-order valence-corrected chi connectivity index (χ4v) is 3.77. The summed E-state index contributed by atoms with van der Waals surface area (Å²) in [6.45, 7) is 3.78. The molecule has 7 nitrogen and oxygen atoms in total. The van der Waals surface area contributed by atoms with Crippen LogP contribution in [0.3, 0.4) is 0 Å². The second-order valence-electron chi connectivity index (χ2n) is 6.69. The lowest BCUT2D eigenvalue weighted by Crippen LogP contribution is -2.43. The standard InChI is InChI=1S/C19H22BrN3O4S/c1-12(2)10-17(21)19(25)23-28(26,27)16-5-3-4-15(11-16)22-18(24)13-6-8-14(20)9-7-13/h3-9,11-12,17H,10,21H2,1-2H3,(H,22,24)(H,23,25)/t17-/m0/s1. The number of sulfonamides is 1. The fourth-order valence-electron chi connectivity index (χ4n) is 2.43. The minimum absolute atomic E-state index is 0.147. The molecule has 2 amide bonds. The van der Waals surface area contributed by atoms with Gasteiger partial charge in [0.1, 0.15) is 0 Å². The van der Waals surface area contributed by atoms with Gasteiger partial charge in [0.15, 0.2) is 0 Å². The number of halogens is 1. The van der Waals surface area contributed by atoms with Gasteiger partial charge in [-0.3, -0.25) is 9.59 Å². The molecule has 2 rings (SSSR count). The van der Waals surface area contributed by atoms with Crippen molar-refractivity contribution in [2.24, 2.45) is 11.7 Å². The van der Waals surface area contributed by atoms with Crippen LogP contribution in [-0.4, -0.2) is 26.3 Å². The molecule has 0 unspecified atom stereocenters. The van der Waals surface area contributed by atoms with Crippen LogP contribution < -0.4 is 15.8 Å². The second-order valence-corrected chi connectivity index (χ2v) is 9.29. The van der Waals surface area contributed by atoms with Gasteiger partial charge in [-0.25, -0.2) is 13.1 Å². The Morgan fingerprint density at radius 1 is 1.11 bits per heavy atom. The lowest BCUT2D eigenvalue weighted by atomic mass is 10.0. The minimum atomic E-state index is -4.11. The molecule has 4 N–H and O–H groups in total. The second kappa shape index (κ2) is 9.31. The molecular weight excluding hydrogens is 446 g/mol.